The minimum Gasteiger partial charge on any atom is -0.508 e. The van der Waals surface area contributed by atoms with Gasteiger partial charge >= 0.3 is 5.97 Å². The molecular formula is C66H75Cl2N9O24. The van der Waals surface area contributed by atoms with E-state index in [0.717, 1.165) is 66.7 Å². The van der Waals surface area contributed by atoms with Gasteiger partial charge in [-0.15, -0.1) is 0 Å². The Labute approximate surface area is 584 Å². The van der Waals surface area contributed by atoms with Gasteiger partial charge < -0.3 is 128 Å². The molecule has 2 saturated heterocycles. The number of benzene rings is 5. The van der Waals surface area contributed by atoms with Gasteiger partial charge in [0.1, 0.15) is 89.5 Å². The van der Waals surface area contributed by atoms with Gasteiger partial charge in [-0.25, -0.2) is 4.79 Å². The maximum atomic E-state index is 16.0. The van der Waals surface area contributed by atoms with Crippen molar-refractivity contribution in [3.8, 4) is 57.1 Å². The van der Waals surface area contributed by atoms with Crippen molar-refractivity contribution < 1.29 is 118 Å². The van der Waals surface area contributed by atoms with Crippen LogP contribution < -0.4 is 62.9 Å². The van der Waals surface area contributed by atoms with E-state index in [-0.39, 0.29) is 46.2 Å². The van der Waals surface area contributed by atoms with Gasteiger partial charge in [0, 0.05) is 34.7 Å². The van der Waals surface area contributed by atoms with Gasteiger partial charge in [-0.3, -0.25) is 33.6 Å². The van der Waals surface area contributed by atoms with E-state index in [0.29, 0.717) is 0 Å². The Kier molecular flexibility index (Phi) is 22.2. The number of fused-ring (bicyclic) bond motifs is 15. The first-order valence-electron chi connectivity index (χ1n) is 31.6. The molecule has 0 aliphatic carbocycles. The number of aliphatic hydroxyl groups is 6. The number of primary amides is 1. The Morgan fingerprint density at radius 1 is 0.713 bits per heavy atom. The lowest BCUT2D eigenvalue weighted by Gasteiger charge is -2.47. The van der Waals surface area contributed by atoms with Crippen LogP contribution in [0.4, 0.5) is 0 Å². The van der Waals surface area contributed by atoms with Crippen LogP contribution in [0.25, 0.3) is 11.1 Å². The summed E-state index contributed by atoms with van der Waals surface area (Å²) in [5, 5.41) is 131. The standard InChI is InChI=1S/C66H75Cl2N9O24/c1-23(2)12-34(71-5)58(88)76-49-51(83)26-7-10-38(32(67)14-26)97-40-16-28-17-41(55(40)101-65-56(54(86)53(85)42(22-78)99-65)100-44-21-66(4,70)57(87)24(3)96-44)98-39-11-8-27(15-33(39)68)52(84)50-63(93)75-48(64(94)95)31-18-29(79)19-37(81)45(31)30-13-25(6-9-36(30)80)46(60(90)77-50)74-61(91)47(28)73-59(89)35(20-43(69)82)72-62(49)92/h6-11,13-19,23-24,34-35,42,44,46-54,56-57,65,71,78-81,83-87H,12,20-22,70H2,1-5H3,(H2,69,82)(H,72,92)(H,73,89)(H,74,91)(H,75,93)(H,76,88)(H,77,90)(H,94,95)/t24-,34?,35?,42+,44-,46?,47?,48?,49?,50?,51?,52?,53-,54-,56+,57+,65-,66-/m0/s1. The van der Waals surface area contributed by atoms with Crippen LogP contribution in [0, 0.1) is 5.92 Å². The van der Waals surface area contributed by atoms with E-state index in [9.17, 15) is 75.0 Å². The summed E-state index contributed by atoms with van der Waals surface area (Å²) in [6.07, 6.45) is -18.6. The van der Waals surface area contributed by atoms with Crippen LogP contribution in [0.1, 0.15) is 105 Å². The van der Waals surface area contributed by atoms with Crippen LogP contribution in [-0.4, -0.2) is 191 Å². The largest absolute Gasteiger partial charge is 0.508 e. The normalized spacial score (nSPS) is 29.4. The summed E-state index contributed by atoms with van der Waals surface area (Å²) in [5.74, 6) is -16.0. The highest BCUT2D eigenvalue weighted by atomic mass is 35.5. The quantitative estimate of drug-likeness (QED) is 0.0743. The summed E-state index contributed by atoms with van der Waals surface area (Å²) in [7, 11) is 1.47. The third-order valence-corrected chi connectivity index (χ3v) is 18.4. The molecule has 35 heteroatoms. The van der Waals surface area contributed by atoms with E-state index in [4.69, 9.17) is 63.1 Å². The Morgan fingerprint density at radius 2 is 1.32 bits per heavy atom. The molecule has 5 aromatic carbocycles. The number of hydrogen-bond acceptors (Lipinski definition) is 25. The van der Waals surface area contributed by atoms with Crippen molar-refractivity contribution in [1.29, 1.82) is 0 Å². The van der Waals surface area contributed by atoms with E-state index in [1.165, 1.54) is 33.0 Å². The number of halogens is 2. The zero-order valence-corrected chi connectivity index (χ0v) is 55.8. The molecule has 7 amide bonds. The molecule has 18 atom stereocenters. The second-order valence-corrected chi connectivity index (χ2v) is 26.5. The van der Waals surface area contributed by atoms with Crippen LogP contribution in [0.3, 0.4) is 0 Å². The monoisotopic (exact) mass is 1450 g/mol. The minimum atomic E-state index is -2.35. The lowest BCUT2D eigenvalue weighted by atomic mass is 9.86. The van der Waals surface area contributed by atoms with Gasteiger partial charge in [0.15, 0.2) is 29.9 Å². The molecule has 33 nitrogen and oxygen atoms in total. The highest BCUT2D eigenvalue weighted by Gasteiger charge is 2.51. The molecule has 7 heterocycles. The first-order valence-corrected chi connectivity index (χ1v) is 32.4. The predicted molar refractivity (Wildman–Crippen MR) is 349 cm³/mol. The fraction of sp³-hybridized carbons (Fsp3) is 0.424. The fourth-order valence-electron chi connectivity index (χ4n) is 12.5. The molecule has 0 spiro atoms. The van der Waals surface area contributed by atoms with Crippen molar-refractivity contribution in [2.45, 2.75) is 156 Å². The summed E-state index contributed by atoms with van der Waals surface area (Å²) in [6.45, 7) is 5.66. The van der Waals surface area contributed by atoms with Gasteiger partial charge in [0.2, 0.25) is 53.4 Å². The number of carboxylic acids is 1. The average molecular weight is 1450 g/mol. The van der Waals surface area contributed by atoms with Crippen molar-refractivity contribution >= 4 is 70.5 Å². The number of aromatic hydroxyl groups is 3. The van der Waals surface area contributed by atoms with Gasteiger partial charge in [-0.1, -0.05) is 55.2 Å². The minimum absolute atomic E-state index is 0.0975. The number of phenolic OH excluding ortho intramolecular Hbond substituents is 3. The first kappa shape index (κ1) is 74.5. The predicted octanol–water partition coefficient (Wildman–Crippen LogP) is 0.106. The first-order chi connectivity index (χ1) is 47.7. The van der Waals surface area contributed by atoms with E-state index < -0.39 is 237 Å². The third-order valence-electron chi connectivity index (χ3n) is 17.8. The van der Waals surface area contributed by atoms with E-state index in [2.05, 4.69) is 37.2 Å². The van der Waals surface area contributed by atoms with Crippen LogP contribution in [0.15, 0.2) is 78.9 Å². The molecule has 11 bridgehead atoms. The Hall–Kier alpha value is -9.20. The number of carboxylic acid groups (broad SMARTS) is 1. The van der Waals surface area contributed by atoms with Crippen molar-refractivity contribution in [3.05, 3.63) is 117 Å². The number of ether oxygens (including phenoxy) is 6. The number of aliphatic carboxylic acids is 1. The molecule has 9 unspecified atom stereocenters. The number of hydrogen-bond donors (Lipinski definition) is 19. The van der Waals surface area contributed by atoms with Crippen LogP contribution in [0.2, 0.25) is 10.0 Å². The Balaban J connectivity index is 1.24. The number of rotatable bonds is 13. The molecule has 12 rings (SSSR count). The van der Waals surface area contributed by atoms with Crippen LogP contribution >= 0.6 is 23.2 Å². The number of amides is 7. The van der Waals surface area contributed by atoms with Crippen LogP contribution in [0.5, 0.6) is 46.0 Å². The molecule has 7 aliphatic rings. The SMILES string of the molecule is CNC(CC(C)C)C(=O)NC1C(=O)NC(CC(N)=O)C(=O)NC2C(=O)NC3C(=O)NC(C(=O)NC(C(=O)O)c4cc(O)cc(O)c4-c4cc3ccc4O)C(O)c3ccc(c(Cl)c3)Oc3cc2cc(c3O[C@@H]2O[C@H](CO)[C@H](O)[C@H](O)[C@H]2O[C@H]2C[C@](C)(N)[C@H](O)[C@H](C)O2)Oc2ccc(cc2Cl)C1O. The smallest absolute Gasteiger partial charge is 0.330 e. The second-order valence-electron chi connectivity index (χ2n) is 25.7. The van der Waals surface area contributed by atoms with Crippen molar-refractivity contribution in [2.24, 2.45) is 17.4 Å². The van der Waals surface area contributed by atoms with Gasteiger partial charge in [0.05, 0.1) is 41.3 Å². The van der Waals surface area contributed by atoms with E-state index in [1.54, 1.807) is 0 Å². The van der Waals surface area contributed by atoms with Crippen LogP contribution in [-0.2, 0) is 52.6 Å². The molecule has 101 heavy (non-hydrogen) atoms. The van der Waals surface area contributed by atoms with Crippen molar-refractivity contribution in [1.82, 2.24) is 37.2 Å². The van der Waals surface area contributed by atoms with Crippen molar-refractivity contribution in [2.75, 3.05) is 13.7 Å². The number of nitrogens with one attached hydrogen (secondary N) is 7. The molecule has 5 aromatic rings. The molecule has 0 saturated carbocycles. The summed E-state index contributed by atoms with van der Waals surface area (Å²) >= 11 is 14.1. The number of nitrogens with two attached hydrogens (primary N) is 2. The fourth-order valence-corrected chi connectivity index (χ4v) is 12.9. The molecule has 0 radical (unpaired) electrons. The molecule has 21 N–H and O–H groups in total. The number of phenols is 3. The maximum absolute atomic E-state index is 16.0. The summed E-state index contributed by atoms with van der Waals surface area (Å²) in [4.78, 5) is 117. The number of carbonyl (C=O) groups is 8. The zero-order valence-electron chi connectivity index (χ0n) is 54.3. The highest BCUT2D eigenvalue weighted by Crippen LogP contribution is 2.50. The topological polar surface area (TPSA) is 530 Å². The lowest BCUT2D eigenvalue weighted by molar-refractivity contribution is -0.333. The lowest BCUT2D eigenvalue weighted by Crippen LogP contribution is -2.64. The third kappa shape index (κ3) is 15.8. The zero-order chi connectivity index (χ0) is 73.5. The van der Waals surface area contributed by atoms with Gasteiger partial charge in [-0.2, -0.15) is 0 Å². The summed E-state index contributed by atoms with van der Waals surface area (Å²) in [5.41, 5.74) is 8.00. The van der Waals surface area contributed by atoms with E-state index in [1.807, 2.05) is 13.8 Å². The maximum Gasteiger partial charge on any atom is 0.330 e. The average Bonchev–Trinajstić information content (AvgIpc) is 0.775. The Morgan fingerprint density at radius 3 is 1.90 bits per heavy atom. The number of carbonyl (C=O) groups excluding carboxylic acids is 7. The number of aliphatic hydroxyl groups excluding tert-OH is 6. The molecule has 2 fully saturated rings. The van der Waals surface area contributed by atoms with Gasteiger partial charge in [0.25, 0.3) is 0 Å². The Bertz CT molecular complexity index is 4070. The summed E-state index contributed by atoms with van der Waals surface area (Å²) < 4.78 is 38.3. The highest BCUT2D eigenvalue weighted by molar-refractivity contribution is 6.32. The summed E-state index contributed by atoms with van der Waals surface area (Å²) in [6, 6.07) is -0.679. The van der Waals surface area contributed by atoms with Crippen molar-refractivity contribution in [3.63, 3.8) is 0 Å². The molecule has 7 aliphatic heterocycles. The molecule has 542 valence electrons. The molecule has 0 aromatic heterocycles. The van der Waals surface area contributed by atoms with E-state index >= 15 is 14.4 Å². The van der Waals surface area contributed by atoms with Gasteiger partial charge in [-0.05, 0) is 110 Å². The molecular weight excluding hydrogens is 1370 g/mol. The number of likely N-dealkylation sites (N-methyl/N-ethyl adjacent to an activating group) is 1. The second kappa shape index (κ2) is 30.2.